The molecular weight excluding hydrogens is 471 g/mol. The van der Waals surface area contributed by atoms with Crippen molar-refractivity contribution in [3.63, 3.8) is 0 Å². The Morgan fingerprint density at radius 3 is 2.74 bits per heavy atom. The van der Waals surface area contributed by atoms with Gasteiger partial charge in [-0.1, -0.05) is 53.2 Å². The van der Waals surface area contributed by atoms with Crippen molar-refractivity contribution in [2.24, 2.45) is 7.05 Å². The Morgan fingerprint density at radius 1 is 1.16 bits per heavy atom. The van der Waals surface area contributed by atoms with Crippen molar-refractivity contribution in [1.29, 1.82) is 0 Å². The Bertz CT molecular complexity index is 1210. The molecular formula is C22H20Cl2N4OS2. The fraction of sp³-hybridized carbons (Fsp3) is 0.227. The Balaban J connectivity index is 1.42. The number of halogens is 2. The quantitative estimate of drug-likeness (QED) is 0.261. The van der Waals surface area contributed by atoms with Gasteiger partial charge in [-0.2, -0.15) is 0 Å². The molecule has 0 aliphatic carbocycles. The van der Waals surface area contributed by atoms with E-state index in [-0.39, 0.29) is 6.10 Å². The maximum Gasteiger partial charge on any atom is 0.191 e. The first kappa shape index (κ1) is 22.1. The topological polar surface area (TPSA) is 52.8 Å². The summed E-state index contributed by atoms with van der Waals surface area (Å²) in [6.07, 6.45) is -0.252. The molecule has 4 rings (SSSR count). The molecule has 0 aliphatic heterocycles. The minimum atomic E-state index is -0.252. The van der Waals surface area contributed by atoms with Gasteiger partial charge in [-0.25, -0.2) is 4.98 Å². The van der Waals surface area contributed by atoms with Gasteiger partial charge >= 0.3 is 0 Å². The van der Waals surface area contributed by atoms with Crippen LogP contribution in [0.5, 0.6) is 5.75 Å². The number of ether oxygens (including phenoxy) is 1. The molecule has 0 radical (unpaired) electrons. The van der Waals surface area contributed by atoms with Crippen molar-refractivity contribution >= 4 is 46.3 Å². The molecule has 31 heavy (non-hydrogen) atoms. The molecule has 5 nitrogen and oxygen atoms in total. The Kier molecular flexibility index (Phi) is 6.86. The summed E-state index contributed by atoms with van der Waals surface area (Å²) in [5.41, 5.74) is 2.92. The summed E-state index contributed by atoms with van der Waals surface area (Å²) in [4.78, 5) is 4.72. The highest BCUT2D eigenvalue weighted by atomic mass is 35.5. The van der Waals surface area contributed by atoms with Gasteiger partial charge in [0.05, 0.1) is 10.7 Å². The summed E-state index contributed by atoms with van der Waals surface area (Å²) in [6, 6.07) is 13.3. The zero-order valence-electron chi connectivity index (χ0n) is 17.2. The van der Waals surface area contributed by atoms with Gasteiger partial charge in [-0.3, -0.25) is 0 Å². The van der Waals surface area contributed by atoms with Gasteiger partial charge in [-0.05, 0) is 43.7 Å². The third-order valence-corrected chi connectivity index (χ3v) is 7.22. The van der Waals surface area contributed by atoms with Crippen molar-refractivity contribution < 1.29 is 4.74 Å². The van der Waals surface area contributed by atoms with Crippen LogP contribution in [0.3, 0.4) is 0 Å². The number of hydrogen-bond acceptors (Lipinski definition) is 6. The number of aryl methyl sites for hydroxylation is 1. The Morgan fingerprint density at radius 2 is 1.97 bits per heavy atom. The maximum absolute atomic E-state index is 6.29. The first-order valence-electron chi connectivity index (χ1n) is 9.56. The summed E-state index contributed by atoms with van der Waals surface area (Å²) in [5, 5.41) is 13.9. The maximum atomic E-state index is 6.29. The second kappa shape index (κ2) is 9.61. The van der Waals surface area contributed by atoms with E-state index in [2.05, 4.69) is 15.6 Å². The van der Waals surface area contributed by atoms with E-state index in [1.807, 2.05) is 67.9 Å². The summed E-state index contributed by atoms with van der Waals surface area (Å²) < 4.78 is 8.05. The van der Waals surface area contributed by atoms with E-state index in [0.29, 0.717) is 15.8 Å². The van der Waals surface area contributed by atoms with Crippen molar-refractivity contribution in [1.82, 2.24) is 19.7 Å². The molecule has 1 unspecified atom stereocenters. The van der Waals surface area contributed by atoms with Crippen LogP contribution in [-0.2, 0) is 12.8 Å². The number of thioether (sulfide) groups is 1. The van der Waals surface area contributed by atoms with Crippen LogP contribution in [0.2, 0.25) is 10.0 Å². The summed E-state index contributed by atoms with van der Waals surface area (Å²) in [5.74, 6) is 2.23. The van der Waals surface area contributed by atoms with Crippen LogP contribution in [-0.4, -0.2) is 19.7 Å². The van der Waals surface area contributed by atoms with Crippen LogP contribution in [0.15, 0.2) is 53.0 Å². The molecule has 2 heterocycles. The van der Waals surface area contributed by atoms with Crippen LogP contribution < -0.4 is 4.74 Å². The summed E-state index contributed by atoms with van der Waals surface area (Å²) in [6.45, 7) is 3.93. The van der Waals surface area contributed by atoms with Crippen molar-refractivity contribution in [3.8, 4) is 16.3 Å². The lowest BCUT2D eigenvalue weighted by atomic mass is 10.2. The van der Waals surface area contributed by atoms with Gasteiger partial charge in [0, 0.05) is 28.8 Å². The highest BCUT2D eigenvalue weighted by Gasteiger charge is 2.18. The average molecular weight is 491 g/mol. The monoisotopic (exact) mass is 490 g/mol. The fourth-order valence-electron chi connectivity index (χ4n) is 3.06. The highest BCUT2D eigenvalue weighted by Crippen LogP contribution is 2.32. The number of rotatable bonds is 7. The molecule has 0 fully saturated rings. The van der Waals surface area contributed by atoms with Crippen molar-refractivity contribution in [2.75, 3.05) is 0 Å². The minimum Gasteiger partial charge on any atom is -0.482 e. The van der Waals surface area contributed by atoms with Gasteiger partial charge in [0.15, 0.2) is 17.1 Å². The van der Waals surface area contributed by atoms with E-state index in [1.165, 1.54) is 0 Å². The van der Waals surface area contributed by atoms with E-state index in [0.717, 1.165) is 38.6 Å². The lowest BCUT2D eigenvalue weighted by molar-refractivity contribution is 0.210. The molecule has 160 valence electrons. The van der Waals surface area contributed by atoms with Crippen LogP contribution in [0.4, 0.5) is 0 Å². The van der Waals surface area contributed by atoms with Crippen LogP contribution in [0.1, 0.15) is 30.1 Å². The zero-order valence-corrected chi connectivity index (χ0v) is 20.3. The molecule has 0 spiro atoms. The smallest absolute Gasteiger partial charge is 0.191 e. The lowest BCUT2D eigenvalue weighted by Crippen LogP contribution is -2.10. The van der Waals surface area contributed by atoms with Gasteiger partial charge in [-0.15, -0.1) is 21.5 Å². The largest absolute Gasteiger partial charge is 0.482 e. The van der Waals surface area contributed by atoms with E-state index in [4.69, 9.17) is 32.9 Å². The zero-order chi connectivity index (χ0) is 22.0. The minimum absolute atomic E-state index is 0.252. The van der Waals surface area contributed by atoms with Crippen LogP contribution in [0, 0.1) is 6.92 Å². The van der Waals surface area contributed by atoms with E-state index in [9.17, 15) is 0 Å². The van der Waals surface area contributed by atoms with Crippen LogP contribution in [0.25, 0.3) is 10.6 Å². The van der Waals surface area contributed by atoms with Crippen LogP contribution >= 0.6 is 46.3 Å². The first-order chi connectivity index (χ1) is 14.9. The molecule has 1 atom stereocenters. The number of benzene rings is 2. The second-order valence-corrected chi connectivity index (χ2v) is 9.63. The summed E-state index contributed by atoms with van der Waals surface area (Å²) in [7, 11) is 1.95. The number of thiazole rings is 1. The van der Waals surface area contributed by atoms with E-state index >= 15 is 0 Å². The molecule has 0 N–H and O–H groups in total. The second-order valence-electron chi connectivity index (χ2n) is 6.98. The molecule has 2 aromatic carbocycles. The predicted molar refractivity (Wildman–Crippen MR) is 128 cm³/mol. The molecule has 2 aromatic heterocycles. The SMILES string of the molecule is Cc1cc(Cl)ccc1OC(C)c1nnc(SCc2csc(-c3ccccc3Cl)n2)n1C. The first-order valence-corrected chi connectivity index (χ1v) is 12.2. The summed E-state index contributed by atoms with van der Waals surface area (Å²) >= 11 is 15.5. The Hall–Kier alpha value is -2.06. The van der Waals surface area contributed by atoms with Gasteiger partial charge in [0.25, 0.3) is 0 Å². The predicted octanol–water partition coefficient (Wildman–Crippen LogP) is 6.99. The third-order valence-electron chi connectivity index (χ3n) is 4.68. The molecule has 0 bridgehead atoms. The van der Waals surface area contributed by atoms with E-state index < -0.39 is 0 Å². The molecule has 4 aromatic rings. The third kappa shape index (κ3) is 5.06. The normalized spacial score (nSPS) is 12.2. The molecule has 0 aliphatic rings. The molecule has 9 heteroatoms. The van der Waals surface area contributed by atoms with Crippen molar-refractivity contribution in [3.05, 3.63) is 75.0 Å². The average Bonchev–Trinajstić information content (AvgIpc) is 3.35. The lowest BCUT2D eigenvalue weighted by Gasteiger charge is -2.16. The molecule has 0 amide bonds. The van der Waals surface area contributed by atoms with Gasteiger partial charge < -0.3 is 9.30 Å². The van der Waals surface area contributed by atoms with Crippen molar-refractivity contribution in [2.45, 2.75) is 30.9 Å². The standard InChI is InChI=1S/C22H20Cl2N4OS2/c1-13-10-15(23)8-9-19(13)29-14(2)20-26-27-22(28(20)3)31-12-16-11-30-21(25-16)17-6-4-5-7-18(17)24/h4-11,14H,12H2,1-3H3. The number of nitrogens with zero attached hydrogens (tertiary/aromatic N) is 4. The Labute approximate surface area is 199 Å². The molecule has 0 saturated heterocycles. The number of aromatic nitrogens is 4. The number of hydrogen-bond donors (Lipinski definition) is 0. The van der Waals surface area contributed by atoms with Gasteiger partial charge in [0.2, 0.25) is 0 Å². The van der Waals surface area contributed by atoms with Gasteiger partial charge in [0.1, 0.15) is 10.8 Å². The fourth-order valence-corrected chi connectivity index (χ4v) is 5.35. The highest BCUT2D eigenvalue weighted by molar-refractivity contribution is 7.98. The van der Waals surface area contributed by atoms with E-state index in [1.54, 1.807) is 23.1 Å². The molecule has 0 saturated carbocycles.